The summed E-state index contributed by atoms with van der Waals surface area (Å²) >= 11 is 0. The first-order valence-electron chi connectivity index (χ1n) is 9.45. The van der Waals surface area contributed by atoms with Crippen LogP contribution in [0.15, 0.2) is 28.8 Å². The van der Waals surface area contributed by atoms with Crippen molar-refractivity contribution in [3.8, 4) is 0 Å². The topological polar surface area (TPSA) is 71.3 Å². The summed E-state index contributed by atoms with van der Waals surface area (Å²) in [5, 5.41) is 6.41. The zero-order chi connectivity index (χ0) is 19.7. The number of benzene rings is 1. The van der Waals surface area contributed by atoms with Crippen molar-refractivity contribution in [2.75, 3.05) is 18.4 Å². The number of para-hydroxylation sites is 1. The zero-order valence-corrected chi connectivity index (χ0v) is 15.2. The van der Waals surface area contributed by atoms with Gasteiger partial charge in [-0.05, 0) is 43.7 Å². The molecule has 1 saturated heterocycles. The number of urea groups is 1. The number of carbonyl (C=O) groups is 1. The molecule has 1 unspecified atom stereocenters. The third kappa shape index (κ3) is 4.28. The molecule has 150 valence electrons. The standard InChI is InChI=1S/C19H21F3N4O2/c20-19(21,22)14-5-1-2-6-15(14)23-18(27)26-9-3-4-12(11-26)10-16-24-17(25-28-16)13-7-8-13/h1-2,5-6,12-13H,3-4,7-11H2,(H,23,27). The van der Waals surface area contributed by atoms with Crippen LogP contribution in [-0.2, 0) is 12.6 Å². The summed E-state index contributed by atoms with van der Waals surface area (Å²) in [6.45, 7) is 0.953. The summed E-state index contributed by atoms with van der Waals surface area (Å²) < 4.78 is 44.7. The van der Waals surface area contributed by atoms with Gasteiger partial charge in [0.1, 0.15) is 0 Å². The molecule has 2 heterocycles. The maximum absolute atomic E-state index is 13.1. The van der Waals surface area contributed by atoms with E-state index in [0.29, 0.717) is 31.3 Å². The van der Waals surface area contributed by atoms with Gasteiger partial charge in [-0.15, -0.1) is 0 Å². The molecule has 1 aromatic heterocycles. The van der Waals surface area contributed by atoms with E-state index in [1.54, 1.807) is 4.90 Å². The lowest BCUT2D eigenvalue weighted by Crippen LogP contribution is -2.43. The van der Waals surface area contributed by atoms with Crippen LogP contribution in [-0.4, -0.2) is 34.2 Å². The SMILES string of the molecule is O=C(Nc1ccccc1C(F)(F)F)N1CCCC(Cc2nc(C3CC3)no2)C1. The lowest BCUT2D eigenvalue weighted by molar-refractivity contribution is -0.136. The Labute approximate surface area is 160 Å². The number of alkyl halides is 3. The van der Waals surface area contributed by atoms with Crippen molar-refractivity contribution in [2.45, 2.75) is 44.2 Å². The summed E-state index contributed by atoms with van der Waals surface area (Å²) in [6.07, 6.45) is -0.0770. The van der Waals surface area contributed by atoms with Crippen LogP contribution in [0.4, 0.5) is 23.7 Å². The number of nitrogens with one attached hydrogen (secondary N) is 1. The number of aromatic nitrogens is 2. The second kappa shape index (κ2) is 7.44. The average molecular weight is 394 g/mol. The minimum Gasteiger partial charge on any atom is -0.339 e. The summed E-state index contributed by atoms with van der Waals surface area (Å²) in [6, 6.07) is 4.47. The molecule has 2 fully saturated rings. The summed E-state index contributed by atoms with van der Waals surface area (Å²) in [5.41, 5.74) is -1.08. The molecular weight excluding hydrogens is 373 g/mol. The second-order valence-corrected chi connectivity index (χ2v) is 7.45. The van der Waals surface area contributed by atoms with E-state index >= 15 is 0 Å². The number of halogens is 3. The fourth-order valence-corrected chi connectivity index (χ4v) is 3.55. The van der Waals surface area contributed by atoms with Crippen LogP contribution in [0.2, 0.25) is 0 Å². The van der Waals surface area contributed by atoms with Gasteiger partial charge in [0.2, 0.25) is 5.89 Å². The zero-order valence-electron chi connectivity index (χ0n) is 15.2. The van der Waals surface area contributed by atoms with E-state index in [9.17, 15) is 18.0 Å². The molecule has 1 aliphatic heterocycles. The predicted molar refractivity (Wildman–Crippen MR) is 94.7 cm³/mol. The van der Waals surface area contributed by atoms with E-state index in [1.807, 2.05) is 0 Å². The van der Waals surface area contributed by atoms with Crippen molar-refractivity contribution < 1.29 is 22.5 Å². The van der Waals surface area contributed by atoms with Crippen molar-refractivity contribution in [3.05, 3.63) is 41.5 Å². The fraction of sp³-hybridized carbons (Fsp3) is 0.526. The Balaban J connectivity index is 1.38. The van der Waals surface area contributed by atoms with E-state index in [-0.39, 0.29) is 11.6 Å². The number of piperidine rings is 1. The fourth-order valence-electron chi connectivity index (χ4n) is 3.55. The monoisotopic (exact) mass is 394 g/mol. The Kier molecular flexibility index (Phi) is 4.99. The third-order valence-corrected chi connectivity index (χ3v) is 5.17. The Morgan fingerprint density at radius 1 is 1.25 bits per heavy atom. The van der Waals surface area contributed by atoms with Gasteiger partial charge in [0, 0.05) is 25.4 Å². The highest BCUT2D eigenvalue weighted by Crippen LogP contribution is 2.38. The third-order valence-electron chi connectivity index (χ3n) is 5.17. The van der Waals surface area contributed by atoms with Crippen molar-refractivity contribution in [2.24, 2.45) is 5.92 Å². The first-order chi connectivity index (χ1) is 13.4. The number of carbonyl (C=O) groups excluding carboxylic acids is 1. The largest absolute Gasteiger partial charge is 0.418 e. The van der Waals surface area contributed by atoms with Crippen molar-refractivity contribution in [1.29, 1.82) is 0 Å². The first kappa shape index (κ1) is 18.8. The maximum atomic E-state index is 13.1. The van der Waals surface area contributed by atoms with E-state index in [2.05, 4.69) is 15.5 Å². The van der Waals surface area contributed by atoms with Gasteiger partial charge in [0.25, 0.3) is 0 Å². The van der Waals surface area contributed by atoms with Crippen LogP contribution in [0.25, 0.3) is 0 Å². The van der Waals surface area contributed by atoms with E-state index < -0.39 is 17.8 Å². The molecule has 1 N–H and O–H groups in total. The number of hydrogen-bond donors (Lipinski definition) is 1. The number of likely N-dealkylation sites (tertiary alicyclic amines) is 1. The van der Waals surface area contributed by atoms with Gasteiger partial charge < -0.3 is 14.7 Å². The molecular formula is C19H21F3N4O2. The smallest absolute Gasteiger partial charge is 0.339 e. The molecule has 2 aliphatic rings. The van der Waals surface area contributed by atoms with Gasteiger partial charge in [-0.3, -0.25) is 0 Å². The number of rotatable bonds is 4. The summed E-state index contributed by atoms with van der Waals surface area (Å²) in [4.78, 5) is 18.5. The van der Waals surface area contributed by atoms with Crippen LogP contribution in [0, 0.1) is 5.92 Å². The Morgan fingerprint density at radius 2 is 2.04 bits per heavy atom. The van der Waals surface area contributed by atoms with Gasteiger partial charge >= 0.3 is 12.2 Å². The number of anilines is 1. The quantitative estimate of drug-likeness (QED) is 0.832. The van der Waals surface area contributed by atoms with E-state index in [1.165, 1.54) is 18.2 Å². The van der Waals surface area contributed by atoms with Gasteiger partial charge in [-0.2, -0.15) is 18.2 Å². The normalized spacial score (nSPS) is 20.2. The lowest BCUT2D eigenvalue weighted by atomic mass is 9.95. The molecule has 2 aromatic rings. The first-order valence-corrected chi connectivity index (χ1v) is 9.45. The van der Waals surface area contributed by atoms with E-state index in [0.717, 1.165) is 37.6 Å². The minimum absolute atomic E-state index is 0.143. The van der Waals surface area contributed by atoms with E-state index in [4.69, 9.17) is 4.52 Å². The predicted octanol–water partition coefficient (Wildman–Crippen LogP) is 4.45. The highest BCUT2D eigenvalue weighted by Gasteiger charge is 2.34. The van der Waals surface area contributed by atoms with Gasteiger partial charge in [-0.25, -0.2) is 4.79 Å². The van der Waals surface area contributed by atoms with Gasteiger partial charge in [0.05, 0.1) is 11.3 Å². The van der Waals surface area contributed by atoms with Crippen LogP contribution >= 0.6 is 0 Å². The highest BCUT2D eigenvalue weighted by atomic mass is 19.4. The lowest BCUT2D eigenvalue weighted by Gasteiger charge is -2.32. The Bertz CT molecular complexity index is 848. The minimum atomic E-state index is -4.52. The van der Waals surface area contributed by atoms with Crippen LogP contribution in [0.1, 0.15) is 48.9 Å². The molecule has 2 amide bonds. The molecule has 4 rings (SSSR count). The van der Waals surface area contributed by atoms with Crippen molar-refractivity contribution in [1.82, 2.24) is 15.0 Å². The molecule has 1 saturated carbocycles. The summed E-state index contributed by atoms with van der Waals surface area (Å²) in [5.74, 6) is 1.88. The molecule has 0 spiro atoms. The van der Waals surface area contributed by atoms with Gasteiger partial charge in [-0.1, -0.05) is 17.3 Å². The Hall–Kier alpha value is -2.58. The molecule has 1 aliphatic carbocycles. The van der Waals surface area contributed by atoms with Crippen LogP contribution in [0.5, 0.6) is 0 Å². The Morgan fingerprint density at radius 3 is 2.79 bits per heavy atom. The van der Waals surface area contributed by atoms with Crippen LogP contribution < -0.4 is 5.32 Å². The molecule has 9 heteroatoms. The number of hydrogen-bond acceptors (Lipinski definition) is 4. The average Bonchev–Trinajstić information content (AvgIpc) is 3.41. The maximum Gasteiger partial charge on any atom is 0.418 e. The molecule has 0 radical (unpaired) electrons. The molecule has 1 atom stereocenters. The van der Waals surface area contributed by atoms with Crippen molar-refractivity contribution in [3.63, 3.8) is 0 Å². The molecule has 1 aromatic carbocycles. The number of nitrogens with zero attached hydrogens (tertiary/aromatic N) is 3. The highest BCUT2D eigenvalue weighted by molar-refractivity contribution is 5.90. The summed E-state index contributed by atoms with van der Waals surface area (Å²) in [7, 11) is 0. The second-order valence-electron chi connectivity index (χ2n) is 7.45. The molecule has 6 nitrogen and oxygen atoms in total. The molecule has 0 bridgehead atoms. The number of amides is 2. The molecule has 28 heavy (non-hydrogen) atoms. The van der Waals surface area contributed by atoms with Gasteiger partial charge in [0.15, 0.2) is 5.82 Å². The van der Waals surface area contributed by atoms with Crippen LogP contribution in [0.3, 0.4) is 0 Å². The van der Waals surface area contributed by atoms with Crippen molar-refractivity contribution >= 4 is 11.7 Å².